The van der Waals surface area contributed by atoms with Crippen molar-refractivity contribution in [3.05, 3.63) is 65.0 Å². The Hall–Kier alpha value is -2.50. The average molecular weight is 294 g/mol. The normalized spacial score (nSPS) is 12.0. The first-order valence-electron chi connectivity index (χ1n) is 6.15. The van der Waals surface area contributed by atoms with Gasteiger partial charge in [0.1, 0.15) is 23.5 Å². The van der Waals surface area contributed by atoms with Crippen molar-refractivity contribution >= 4 is 11.6 Å². The minimum absolute atomic E-state index is 0.207. The predicted molar refractivity (Wildman–Crippen MR) is 73.1 cm³/mol. The van der Waals surface area contributed by atoms with Gasteiger partial charge >= 0.3 is 0 Å². The summed E-state index contributed by atoms with van der Waals surface area (Å²) in [5.74, 6) is -3.31. The van der Waals surface area contributed by atoms with Crippen LogP contribution in [-0.4, -0.2) is 5.91 Å². The van der Waals surface area contributed by atoms with Crippen LogP contribution in [0.25, 0.3) is 0 Å². The summed E-state index contributed by atoms with van der Waals surface area (Å²) in [5, 5.41) is 2.56. The summed E-state index contributed by atoms with van der Waals surface area (Å²) in [6, 6.07) is 5.72. The molecule has 3 nitrogen and oxygen atoms in total. The molecule has 0 heterocycles. The van der Waals surface area contributed by atoms with Crippen LogP contribution in [0.15, 0.2) is 36.4 Å². The summed E-state index contributed by atoms with van der Waals surface area (Å²) in [4.78, 5) is 11.5. The largest absolute Gasteiger partial charge is 0.370 e. The maximum atomic E-state index is 13.8. The van der Waals surface area contributed by atoms with Crippen LogP contribution in [0.4, 0.5) is 18.9 Å². The van der Waals surface area contributed by atoms with E-state index in [0.29, 0.717) is 5.56 Å². The molecule has 2 aromatic carbocycles. The summed E-state index contributed by atoms with van der Waals surface area (Å²) >= 11 is 0. The minimum Gasteiger partial charge on any atom is -0.370 e. The van der Waals surface area contributed by atoms with E-state index in [1.165, 1.54) is 18.2 Å². The SMILES string of the molecule is Cc1cc(F)cc(NC(C(N)=O)c2c(F)cccc2F)c1. The Kier molecular flexibility index (Phi) is 4.16. The van der Waals surface area contributed by atoms with Crippen LogP contribution in [0.1, 0.15) is 17.2 Å². The quantitative estimate of drug-likeness (QED) is 0.910. The molecule has 3 N–H and O–H groups in total. The van der Waals surface area contributed by atoms with Crippen molar-refractivity contribution in [1.29, 1.82) is 0 Å². The number of benzene rings is 2. The van der Waals surface area contributed by atoms with E-state index in [1.54, 1.807) is 6.92 Å². The van der Waals surface area contributed by atoms with Crippen molar-refractivity contribution in [3.8, 4) is 0 Å². The second kappa shape index (κ2) is 5.87. The summed E-state index contributed by atoms with van der Waals surface area (Å²) in [7, 11) is 0. The summed E-state index contributed by atoms with van der Waals surface area (Å²) in [6.07, 6.45) is 0. The maximum absolute atomic E-state index is 13.8. The van der Waals surface area contributed by atoms with Crippen LogP contribution >= 0.6 is 0 Å². The van der Waals surface area contributed by atoms with E-state index in [9.17, 15) is 18.0 Å². The molecule has 0 aliphatic rings. The molecular weight excluding hydrogens is 281 g/mol. The summed E-state index contributed by atoms with van der Waals surface area (Å²) in [5.41, 5.74) is 5.51. The number of carbonyl (C=O) groups excluding carboxylic acids is 1. The van der Waals surface area contributed by atoms with Gasteiger partial charge in [-0.15, -0.1) is 0 Å². The molecule has 0 fully saturated rings. The Labute approximate surface area is 119 Å². The van der Waals surface area contributed by atoms with E-state index >= 15 is 0 Å². The van der Waals surface area contributed by atoms with Crippen molar-refractivity contribution in [2.75, 3.05) is 5.32 Å². The molecule has 0 aliphatic carbocycles. The standard InChI is InChI=1S/C15H13F3N2O/c1-8-5-9(16)7-10(6-8)20-14(15(19)21)13-11(17)3-2-4-12(13)18/h2-7,14,20H,1H3,(H2,19,21). The van der Waals surface area contributed by atoms with Crippen molar-refractivity contribution in [2.24, 2.45) is 5.73 Å². The molecule has 0 radical (unpaired) electrons. The van der Waals surface area contributed by atoms with Crippen molar-refractivity contribution in [2.45, 2.75) is 13.0 Å². The number of rotatable bonds is 4. The van der Waals surface area contributed by atoms with Gasteiger partial charge in [-0.25, -0.2) is 13.2 Å². The molecule has 2 rings (SSSR count). The number of nitrogens with one attached hydrogen (secondary N) is 1. The van der Waals surface area contributed by atoms with E-state index in [2.05, 4.69) is 5.32 Å². The first-order chi connectivity index (χ1) is 9.88. The van der Waals surface area contributed by atoms with Gasteiger partial charge in [0.15, 0.2) is 0 Å². The van der Waals surface area contributed by atoms with Gasteiger partial charge < -0.3 is 11.1 Å². The van der Waals surface area contributed by atoms with E-state index < -0.39 is 35.0 Å². The Morgan fingerprint density at radius 3 is 2.29 bits per heavy atom. The number of anilines is 1. The Bertz CT molecular complexity index is 648. The number of aryl methyl sites for hydroxylation is 1. The first kappa shape index (κ1) is 14.9. The second-order valence-corrected chi connectivity index (χ2v) is 4.63. The van der Waals surface area contributed by atoms with E-state index in [-0.39, 0.29) is 5.69 Å². The molecule has 1 atom stereocenters. The number of carbonyl (C=O) groups is 1. The average Bonchev–Trinajstić information content (AvgIpc) is 2.35. The minimum atomic E-state index is -1.44. The zero-order valence-electron chi connectivity index (χ0n) is 11.2. The zero-order valence-corrected chi connectivity index (χ0v) is 11.2. The highest BCUT2D eigenvalue weighted by molar-refractivity contribution is 5.84. The molecule has 1 unspecified atom stereocenters. The summed E-state index contributed by atoms with van der Waals surface area (Å²) < 4.78 is 40.9. The third-order valence-electron chi connectivity index (χ3n) is 2.93. The lowest BCUT2D eigenvalue weighted by Crippen LogP contribution is -2.29. The smallest absolute Gasteiger partial charge is 0.244 e. The van der Waals surface area contributed by atoms with Crippen LogP contribution in [-0.2, 0) is 4.79 Å². The van der Waals surface area contributed by atoms with Gasteiger partial charge in [0, 0.05) is 5.69 Å². The molecule has 0 spiro atoms. The lowest BCUT2D eigenvalue weighted by Gasteiger charge is -2.18. The fourth-order valence-corrected chi connectivity index (χ4v) is 2.06. The van der Waals surface area contributed by atoms with Gasteiger partial charge in [-0.2, -0.15) is 0 Å². The number of primary amides is 1. The Morgan fingerprint density at radius 2 is 1.76 bits per heavy atom. The van der Waals surface area contributed by atoms with E-state index in [1.807, 2.05) is 0 Å². The van der Waals surface area contributed by atoms with Crippen molar-refractivity contribution < 1.29 is 18.0 Å². The number of halogens is 3. The van der Waals surface area contributed by atoms with Gasteiger partial charge in [0.25, 0.3) is 0 Å². The highest BCUT2D eigenvalue weighted by Crippen LogP contribution is 2.25. The van der Waals surface area contributed by atoms with Crippen LogP contribution in [0.2, 0.25) is 0 Å². The number of nitrogens with two attached hydrogens (primary N) is 1. The zero-order chi connectivity index (χ0) is 15.6. The van der Waals surface area contributed by atoms with Crippen LogP contribution in [0.3, 0.4) is 0 Å². The van der Waals surface area contributed by atoms with E-state index in [0.717, 1.165) is 18.2 Å². The fraction of sp³-hybridized carbons (Fsp3) is 0.133. The molecule has 6 heteroatoms. The molecule has 21 heavy (non-hydrogen) atoms. The molecule has 1 amide bonds. The molecule has 0 aromatic heterocycles. The highest BCUT2D eigenvalue weighted by Gasteiger charge is 2.25. The number of hydrogen-bond acceptors (Lipinski definition) is 2. The fourth-order valence-electron chi connectivity index (χ4n) is 2.06. The molecule has 0 saturated carbocycles. The maximum Gasteiger partial charge on any atom is 0.244 e. The molecule has 0 aliphatic heterocycles. The number of hydrogen-bond donors (Lipinski definition) is 2. The third kappa shape index (κ3) is 3.34. The van der Waals surface area contributed by atoms with Gasteiger partial charge in [-0.1, -0.05) is 6.07 Å². The monoisotopic (exact) mass is 294 g/mol. The molecule has 110 valence electrons. The Morgan fingerprint density at radius 1 is 1.14 bits per heavy atom. The van der Waals surface area contributed by atoms with Gasteiger partial charge in [-0.3, -0.25) is 4.79 Å². The number of amides is 1. The van der Waals surface area contributed by atoms with Gasteiger partial charge in [-0.05, 0) is 42.8 Å². The van der Waals surface area contributed by atoms with Crippen molar-refractivity contribution in [1.82, 2.24) is 0 Å². The topological polar surface area (TPSA) is 55.1 Å². The van der Waals surface area contributed by atoms with Gasteiger partial charge in [0.05, 0.1) is 5.56 Å². The molecule has 2 aromatic rings. The molecule has 0 bridgehead atoms. The van der Waals surface area contributed by atoms with E-state index in [4.69, 9.17) is 5.73 Å². The van der Waals surface area contributed by atoms with Gasteiger partial charge in [0.2, 0.25) is 5.91 Å². The lowest BCUT2D eigenvalue weighted by atomic mass is 10.0. The predicted octanol–water partition coefficient (Wildman–Crippen LogP) is 3.05. The third-order valence-corrected chi connectivity index (χ3v) is 2.93. The van der Waals surface area contributed by atoms with Crippen LogP contribution in [0.5, 0.6) is 0 Å². The molecule has 0 saturated heterocycles. The van der Waals surface area contributed by atoms with Crippen LogP contribution < -0.4 is 11.1 Å². The Balaban J connectivity index is 2.43. The van der Waals surface area contributed by atoms with Crippen molar-refractivity contribution in [3.63, 3.8) is 0 Å². The summed E-state index contributed by atoms with van der Waals surface area (Å²) in [6.45, 7) is 1.65. The highest BCUT2D eigenvalue weighted by atomic mass is 19.1. The lowest BCUT2D eigenvalue weighted by molar-refractivity contribution is -0.119. The first-order valence-corrected chi connectivity index (χ1v) is 6.15. The second-order valence-electron chi connectivity index (χ2n) is 4.63. The molecular formula is C15H13F3N2O. The van der Waals surface area contributed by atoms with Crippen LogP contribution in [0, 0.1) is 24.4 Å².